The number of halogens is 1. The van der Waals surface area contributed by atoms with Crippen LogP contribution in [0.4, 0.5) is 9.18 Å². The van der Waals surface area contributed by atoms with Gasteiger partial charge in [-0.2, -0.15) is 0 Å². The summed E-state index contributed by atoms with van der Waals surface area (Å²) in [5.74, 6) is -3.34. The van der Waals surface area contributed by atoms with E-state index in [0.717, 1.165) is 19.6 Å². The van der Waals surface area contributed by atoms with Gasteiger partial charge in [0.15, 0.2) is 0 Å². The van der Waals surface area contributed by atoms with E-state index in [9.17, 15) is 9.18 Å². The first-order valence-electron chi connectivity index (χ1n) is 9.73. The van der Waals surface area contributed by atoms with Crippen molar-refractivity contribution in [2.24, 2.45) is 0 Å². The van der Waals surface area contributed by atoms with E-state index in [1.54, 1.807) is 17.0 Å². The number of amides is 2. The molecule has 178 valence electrons. The molecule has 0 aliphatic carbocycles. The second kappa shape index (κ2) is 16.8. The van der Waals surface area contributed by atoms with E-state index in [1.807, 2.05) is 13.8 Å². The molecule has 0 saturated heterocycles. The summed E-state index contributed by atoms with van der Waals surface area (Å²) in [5, 5.41) is 17.7. The number of rotatable bonds is 10. The van der Waals surface area contributed by atoms with E-state index < -0.39 is 11.9 Å². The predicted octanol–water partition coefficient (Wildman–Crippen LogP) is 1.30. The van der Waals surface area contributed by atoms with Crippen LogP contribution in [-0.4, -0.2) is 88.8 Å². The largest absolute Gasteiger partial charge is 0.492 e. The molecule has 0 atom stereocenters. The standard InChI is InChI=1S/C18H30FN3O2.C2H2O4.H2O/c1-5-21(6-2)12-11-20-18(23)22(15(3)4)13-14-24-17-9-7-16(19)8-10-17;3-1(4)2(5)6;/h7-10,15H,5-6,11-14H2,1-4H3,(H,20,23);(H,3,4)(H,5,6);1H2. The number of carbonyl (C=O) groups is 3. The fourth-order valence-corrected chi connectivity index (χ4v) is 2.35. The number of aliphatic carboxylic acids is 2. The zero-order valence-electron chi connectivity index (χ0n) is 18.4. The summed E-state index contributed by atoms with van der Waals surface area (Å²) < 4.78 is 18.4. The van der Waals surface area contributed by atoms with Crippen molar-refractivity contribution >= 4 is 18.0 Å². The number of likely N-dealkylation sites (N-methyl/N-ethyl adjacent to an activating group) is 1. The molecule has 11 heteroatoms. The van der Waals surface area contributed by atoms with Gasteiger partial charge in [-0.25, -0.2) is 18.8 Å². The Morgan fingerprint density at radius 2 is 1.55 bits per heavy atom. The summed E-state index contributed by atoms with van der Waals surface area (Å²) in [6.07, 6.45) is 0. The predicted molar refractivity (Wildman–Crippen MR) is 114 cm³/mol. The molecule has 0 unspecified atom stereocenters. The van der Waals surface area contributed by atoms with Gasteiger partial charge in [0, 0.05) is 19.1 Å². The molecule has 0 aromatic heterocycles. The van der Waals surface area contributed by atoms with Gasteiger partial charge < -0.3 is 35.5 Å². The van der Waals surface area contributed by atoms with Crippen molar-refractivity contribution in [1.82, 2.24) is 15.1 Å². The number of hydrogen-bond donors (Lipinski definition) is 3. The lowest BCUT2D eigenvalue weighted by atomic mass is 10.3. The molecule has 0 spiro atoms. The quantitative estimate of drug-likeness (QED) is 0.457. The highest BCUT2D eigenvalue weighted by atomic mass is 19.1. The number of carboxylic acid groups (broad SMARTS) is 2. The number of hydrogen-bond acceptors (Lipinski definition) is 5. The second-order valence-electron chi connectivity index (χ2n) is 6.46. The first-order chi connectivity index (χ1) is 14.1. The van der Waals surface area contributed by atoms with Gasteiger partial charge in [0.05, 0.1) is 6.54 Å². The summed E-state index contributed by atoms with van der Waals surface area (Å²) in [6, 6.07) is 5.87. The highest BCUT2D eigenvalue weighted by molar-refractivity contribution is 6.27. The van der Waals surface area contributed by atoms with Crippen molar-refractivity contribution < 1.29 is 39.2 Å². The number of ether oxygens (including phenoxy) is 1. The average Bonchev–Trinajstić information content (AvgIpc) is 2.70. The van der Waals surface area contributed by atoms with E-state index >= 15 is 0 Å². The summed E-state index contributed by atoms with van der Waals surface area (Å²) in [7, 11) is 0. The molecular formula is C20H34FN3O7. The zero-order chi connectivity index (χ0) is 23.1. The number of carbonyl (C=O) groups excluding carboxylic acids is 1. The van der Waals surface area contributed by atoms with Gasteiger partial charge >= 0.3 is 18.0 Å². The second-order valence-corrected chi connectivity index (χ2v) is 6.46. The summed E-state index contributed by atoms with van der Waals surface area (Å²) in [4.78, 5) is 34.5. The van der Waals surface area contributed by atoms with Gasteiger partial charge in [-0.15, -0.1) is 0 Å². The van der Waals surface area contributed by atoms with Gasteiger partial charge in [0.2, 0.25) is 0 Å². The van der Waals surface area contributed by atoms with Crippen LogP contribution in [0.25, 0.3) is 0 Å². The van der Waals surface area contributed by atoms with Crippen LogP contribution < -0.4 is 10.1 Å². The van der Waals surface area contributed by atoms with Crippen LogP contribution in [-0.2, 0) is 9.59 Å². The number of nitrogens with one attached hydrogen (secondary N) is 1. The molecule has 0 heterocycles. The third-order valence-electron chi connectivity index (χ3n) is 4.08. The SMILES string of the molecule is CCN(CC)CCNC(=O)N(CCOc1ccc(F)cc1)C(C)C.O.O=C(O)C(=O)O. The summed E-state index contributed by atoms with van der Waals surface area (Å²) in [6.45, 7) is 12.4. The molecule has 5 N–H and O–H groups in total. The van der Waals surface area contributed by atoms with Gasteiger partial charge in [0.25, 0.3) is 0 Å². The normalized spacial score (nSPS) is 9.90. The van der Waals surface area contributed by atoms with E-state index in [-0.39, 0.29) is 23.4 Å². The average molecular weight is 448 g/mol. The Morgan fingerprint density at radius 1 is 1.03 bits per heavy atom. The minimum absolute atomic E-state index is 0. The molecule has 0 aliphatic rings. The molecule has 0 bridgehead atoms. The maximum absolute atomic E-state index is 12.9. The molecule has 1 aromatic rings. The van der Waals surface area contributed by atoms with Crippen molar-refractivity contribution in [3.63, 3.8) is 0 Å². The Labute approximate surface area is 181 Å². The van der Waals surface area contributed by atoms with E-state index in [4.69, 9.17) is 24.5 Å². The molecule has 0 aliphatic heterocycles. The highest BCUT2D eigenvalue weighted by Crippen LogP contribution is 2.11. The molecule has 1 rings (SSSR count). The summed E-state index contributed by atoms with van der Waals surface area (Å²) >= 11 is 0. The fraction of sp³-hybridized carbons (Fsp3) is 0.550. The van der Waals surface area contributed by atoms with Crippen LogP contribution in [0.5, 0.6) is 5.75 Å². The van der Waals surface area contributed by atoms with E-state index in [2.05, 4.69) is 24.1 Å². The van der Waals surface area contributed by atoms with Crippen molar-refractivity contribution in [2.45, 2.75) is 33.7 Å². The lowest BCUT2D eigenvalue weighted by molar-refractivity contribution is -0.159. The van der Waals surface area contributed by atoms with Crippen LogP contribution in [0.15, 0.2) is 24.3 Å². The molecule has 0 radical (unpaired) electrons. The number of benzene rings is 1. The third-order valence-corrected chi connectivity index (χ3v) is 4.08. The lowest BCUT2D eigenvalue weighted by Gasteiger charge is -2.27. The molecule has 10 nitrogen and oxygen atoms in total. The Kier molecular flexibility index (Phi) is 16.4. The van der Waals surface area contributed by atoms with E-state index in [0.29, 0.717) is 25.4 Å². The van der Waals surface area contributed by atoms with Crippen molar-refractivity contribution in [3.8, 4) is 5.75 Å². The number of urea groups is 1. The summed E-state index contributed by atoms with van der Waals surface area (Å²) in [5.41, 5.74) is 0. The fourth-order valence-electron chi connectivity index (χ4n) is 2.35. The van der Waals surface area contributed by atoms with Crippen LogP contribution in [0.2, 0.25) is 0 Å². The first-order valence-corrected chi connectivity index (χ1v) is 9.73. The first kappa shape index (κ1) is 30.3. The Bertz CT molecular complexity index is 641. The minimum Gasteiger partial charge on any atom is -0.492 e. The van der Waals surface area contributed by atoms with Gasteiger partial charge in [0.1, 0.15) is 18.2 Å². The molecule has 1 aromatic carbocycles. The van der Waals surface area contributed by atoms with Crippen LogP contribution in [0.3, 0.4) is 0 Å². The molecule has 0 saturated carbocycles. The van der Waals surface area contributed by atoms with Gasteiger partial charge in [-0.05, 0) is 51.2 Å². The number of nitrogens with zero attached hydrogens (tertiary/aromatic N) is 2. The molecular weight excluding hydrogens is 413 g/mol. The Morgan fingerprint density at radius 3 is 1.97 bits per heavy atom. The minimum atomic E-state index is -1.82. The monoisotopic (exact) mass is 447 g/mol. The topological polar surface area (TPSA) is 151 Å². The molecule has 2 amide bonds. The van der Waals surface area contributed by atoms with Gasteiger partial charge in [-0.1, -0.05) is 13.8 Å². The maximum Gasteiger partial charge on any atom is 0.414 e. The van der Waals surface area contributed by atoms with Crippen molar-refractivity contribution in [1.29, 1.82) is 0 Å². The Hall–Kier alpha value is -2.92. The van der Waals surface area contributed by atoms with Crippen molar-refractivity contribution in [2.75, 3.05) is 39.3 Å². The van der Waals surface area contributed by atoms with Gasteiger partial charge in [-0.3, -0.25) is 0 Å². The Balaban J connectivity index is 0. The van der Waals surface area contributed by atoms with Crippen molar-refractivity contribution in [3.05, 3.63) is 30.1 Å². The van der Waals surface area contributed by atoms with Crippen LogP contribution >= 0.6 is 0 Å². The third kappa shape index (κ3) is 13.8. The zero-order valence-corrected chi connectivity index (χ0v) is 18.4. The molecule has 0 fully saturated rings. The lowest BCUT2D eigenvalue weighted by Crippen LogP contribution is -2.47. The van der Waals surface area contributed by atoms with E-state index in [1.165, 1.54) is 12.1 Å². The smallest absolute Gasteiger partial charge is 0.414 e. The highest BCUT2D eigenvalue weighted by Gasteiger charge is 2.16. The van der Waals surface area contributed by atoms with Crippen LogP contribution in [0.1, 0.15) is 27.7 Å². The molecule has 31 heavy (non-hydrogen) atoms. The maximum atomic E-state index is 12.9. The van der Waals surface area contributed by atoms with Crippen LogP contribution in [0, 0.1) is 5.82 Å². The number of carboxylic acids is 2.